The fourth-order valence-corrected chi connectivity index (χ4v) is 3.83. The predicted octanol–water partition coefficient (Wildman–Crippen LogP) is 2.96. The lowest BCUT2D eigenvalue weighted by Crippen LogP contribution is -2.37. The van der Waals surface area contributed by atoms with Crippen molar-refractivity contribution < 1.29 is 4.79 Å². The SMILES string of the molecule is NC1(c2nccc(-c3cc4c([nH]3)CCNC4=O)n2)C=CC(c2ccccc2)=CC1. The number of fused-ring (bicyclic) bond motifs is 1. The molecule has 1 aliphatic heterocycles. The normalized spacial score (nSPS) is 20.7. The van der Waals surface area contributed by atoms with Gasteiger partial charge >= 0.3 is 0 Å². The lowest BCUT2D eigenvalue weighted by Gasteiger charge is -2.26. The number of hydrogen-bond acceptors (Lipinski definition) is 4. The molecule has 3 heterocycles. The summed E-state index contributed by atoms with van der Waals surface area (Å²) in [6.07, 6.45) is 9.25. The molecule has 0 spiro atoms. The van der Waals surface area contributed by atoms with Gasteiger partial charge in [-0.15, -0.1) is 0 Å². The van der Waals surface area contributed by atoms with E-state index in [1.165, 1.54) is 0 Å². The summed E-state index contributed by atoms with van der Waals surface area (Å²) in [5.74, 6) is 0.513. The number of nitrogens with one attached hydrogen (secondary N) is 2. The third-order valence-corrected chi connectivity index (χ3v) is 5.48. The summed E-state index contributed by atoms with van der Waals surface area (Å²) >= 11 is 0. The van der Waals surface area contributed by atoms with Crippen LogP contribution in [0.3, 0.4) is 0 Å². The monoisotopic (exact) mass is 383 g/mol. The maximum absolute atomic E-state index is 12.0. The summed E-state index contributed by atoms with van der Waals surface area (Å²) in [5.41, 5.74) is 11.4. The fraction of sp³-hybridized carbons (Fsp3) is 0.174. The number of benzene rings is 1. The van der Waals surface area contributed by atoms with E-state index in [2.05, 4.69) is 33.5 Å². The van der Waals surface area contributed by atoms with Crippen LogP contribution in [0.2, 0.25) is 0 Å². The number of aromatic nitrogens is 3. The molecule has 1 unspecified atom stereocenters. The van der Waals surface area contributed by atoms with E-state index < -0.39 is 5.54 Å². The van der Waals surface area contributed by atoms with Gasteiger partial charge in [0.25, 0.3) is 5.91 Å². The third-order valence-electron chi connectivity index (χ3n) is 5.48. The van der Waals surface area contributed by atoms with Crippen molar-refractivity contribution in [2.45, 2.75) is 18.4 Å². The van der Waals surface area contributed by atoms with Crippen molar-refractivity contribution in [1.82, 2.24) is 20.3 Å². The van der Waals surface area contributed by atoms with Crippen molar-refractivity contribution in [2.24, 2.45) is 5.73 Å². The average molecular weight is 383 g/mol. The highest BCUT2D eigenvalue weighted by molar-refractivity contribution is 5.97. The molecule has 29 heavy (non-hydrogen) atoms. The zero-order valence-electron chi connectivity index (χ0n) is 15.9. The molecule has 5 rings (SSSR count). The van der Waals surface area contributed by atoms with Gasteiger partial charge in [-0.25, -0.2) is 9.97 Å². The molecule has 0 saturated heterocycles. The molecule has 6 nitrogen and oxygen atoms in total. The Morgan fingerprint density at radius 3 is 2.76 bits per heavy atom. The molecular weight excluding hydrogens is 362 g/mol. The molecule has 1 aromatic carbocycles. The van der Waals surface area contributed by atoms with Crippen LogP contribution in [0.4, 0.5) is 0 Å². The van der Waals surface area contributed by atoms with Gasteiger partial charge in [0.2, 0.25) is 0 Å². The Kier molecular flexibility index (Phi) is 4.14. The first kappa shape index (κ1) is 17.6. The minimum absolute atomic E-state index is 0.0490. The van der Waals surface area contributed by atoms with E-state index in [1.54, 1.807) is 6.20 Å². The van der Waals surface area contributed by atoms with Gasteiger partial charge < -0.3 is 16.0 Å². The van der Waals surface area contributed by atoms with Crippen molar-refractivity contribution in [3.63, 3.8) is 0 Å². The summed E-state index contributed by atoms with van der Waals surface area (Å²) in [6, 6.07) is 13.9. The first-order valence-corrected chi connectivity index (χ1v) is 9.70. The van der Waals surface area contributed by atoms with Crippen LogP contribution in [-0.4, -0.2) is 27.4 Å². The number of amides is 1. The summed E-state index contributed by atoms with van der Waals surface area (Å²) < 4.78 is 0. The van der Waals surface area contributed by atoms with Crippen LogP contribution < -0.4 is 11.1 Å². The van der Waals surface area contributed by atoms with E-state index in [0.717, 1.165) is 34.6 Å². The van der Waals surface area contributed by atoms with Crippen LogP contribution in [0.15, 0.2) is 66.9 Å². The van der Waals surface area contributed by atoms with Gasteiger partial charge in [-0.1, -0.05) is 48.6 Å². The number of allylic oxidation sites excluding steroid dienone is 2. The van der Waals surface area contributed by atoms with Crippen LogP contribution in [0, 0.1) is 0 Å². The van der Waals surface area contributed by atoms with Gasteiger partial charge in [0.15, 0.2) is 5.82 Å². The number of carbonyl (C=O) groups is 1. The fourth-order valence-electron chi connectivity index (χ4n) is 3.83. The van der Waals surface area contributed by atoms with E-state index in [0.29, 0.717) is 24.4 Å². The summed E-state index contributed by atoms with van der Waals surface area (Å²) in [7, 11) is 0. The van der Waals surface area contributed by atoms with Crippen molar-refractivity contribution in [3.8, 4) is 11.4 Å². The van der Waals surface area contributed by atoms with Crippen LogP contribution >= 0.6 is 0 Å². The molecule has 0 saturated carbocycles. The number of rotatable bonds is 3. The number of hydrogen-bond donors (Lipinski definition) is 3. The Morgan fingerprint density at radius 2 is 2.00 bits per heavy atom. The van der Waals surface area contributed by atoms with Gasteiger partial charge in [-0.3, -0.25) is 4.79 Å². The molecule has 2 aliphatic rings. The topological polar surface area (TPSA) is 96.7 Å². The molecule has 0 fully saturated rings. The number of H-pyrrole nitrogens is 1. The second-order valence-electron chi connectivity index (χ2n) is 7.45. The van der Waals surface area contributed by atoms with Gasteiger partial charge in [0.05, 0.1) is 22.5 Å². The molecule has 1 aliphatic carbocycles. The van der Waals surface area contributed by atoms with Gasteiger partial charge in [-0.05, 0) is 29.7 Å². The Hall–Kier alpha value is -3.51. The van der Waals surface area contributed by atoms with Gasteiger partial charge in [0.1, 0.15) is 0 Å². The van der Waals surface area contributed by atoms with Crippen LogP contribution in [0.25, 0.3) is 17.0 Å². The van der Waals surface area contributed by atoms with Crippen LogP contribution in [0.5, 0.6) is 0 Å². The van der Waals surface area contributed by atoms with E-state index in [9.17, 15) is 4.79 Å². The zero-order chi connectivity index (χ0) is 19.8. The summed E-state index contributed by atoms with van der Waals surface area (Å²) in [4.78, 5) is 24.5. The summed E-state index contributed by atoms with van der Waals surface area (Å²) in [6.45, 7) is 0.646. The molecule has 3 aromatic rings. The lowest BCUT2D eigenvalue weighted by atomic mass is 9.86. The smallest absolute Gasteiger partial charge is 0.253 e. The van der Waals surface area contributed by atoms with Crippen molar-refractivity contribution in [3.05, 3.63) is 89.5 Å². The molecule has 4 N–H and O–H groups in total. The maximum Gasteiger partial charge on any atom is 0.253 e. The van der Waals surface area contributed by atoms with E-state index >= 15 is 0 Å². The van der Waals surface area contributed by atoms with Crippen LogP contribution in [0.1, 0.15) is 33.9 Å². The highest BCUT2D eigenvalue weighted by Crippen LogP contribution is 2.31. The van der Waals surface area contributed by atoms with Gasteiger partial charge in [-0.2, -0.15) is 0 Å². The highest BCUT2D eigenvalue weighted by atomic mass is 16.1. The van der Waals surface area contributed by atoms with Crippen molar-refractivity contribution in [2.75, 3.05) is 6.54 Å². The highest BCUT2D eigenvalue weighted by Gasteiger charge is 2.29. The minimum Gasteiger partial charge on any atom is -0.356 e. The van der Waals surface area contributed by atoms with Crippen molar-refractivity contribution >= 4 is 11.5 Å². The minimum atomic E-state index is -0.766. The first-order valence-electron chi connectivity index (χ1n) is 9.70. The Morgan fingerprint density at radius 1 is 1.14 bits per heavy atom. The second-order valence-corrected chi connectivity index (χ2v) is 7.45. The molecule has 144 valence electrons. The second kappa shape index (κ2) is 6.83. The largest absolute Gasteiger partial charge is 0.356 e. The average Bonchev–Trinajstić information content (AvgIpc) is 3.21. The quantitative estimate of drug-likeness (QED) is 0.648. The molecule has 2 aromatic heterocycles. The number of carbonyl (C=O) groups excluding carboxylic acids is 1. The molecule has 6 heteroatoms. The summed E-state index contributed by atoms with van der Waals surface area (Å²) in [5, 5.41) is 2.86. The van der Waals surface area contributed by atoms with E-state index in [1.807, 2.05) is 42.5 Å². The zero-order valence-corrected chi connectivity index (χ0v) is 15.9. The number of nitrogens with zero attached hydrogens (tertiary/aromatic N) is 2. The molecule has 1 atom stereocenters. The predicted molar refractivity (Wildman–Crippen MR) is 112 cm³/mol. The Bertz CT molecular complexity index is 1150. The standard InChI is InChI=1S/C23H21N5O/c24-23(10-6-16(7-11-23)15-4-2-1-3-5-15)22-26-13-9-19(28-22)20-14-17-18(27-20)8-12-25-21(17)29/h1-7,9-10,13-14,27H,8,11-12,24H2,(H,25,29). The number of aromatic amines is 1. The molecule has 0 bridgehead atoms. The first-order chi connectivity index (χ1) is 14.1. The Labute approximate surface area is 168 Å². The molecular formula is C23H21N5O. The van der Waals surface area contributed by atoms with Gasteiger partial charge in [0, 0.05) is 24.9 Å². The van der Waals surface area contributed by atoms with Crippen molar-refractivity contribution in [1.29, 1.82) is 0 Å². The molecule has 0 radical (unpaired) electrons. The Balaban J connectivity index is 1.44. The van der Waals surface area contributed by atoms with E-state index in [4.69, 9.17) is 10.7 Å². The molecule has 1 amide bonds. The number of nitrogens with two attached hydrogens (primary N) is 1. The maximum atomic E-state index is 12.0. The lowest BCUT2D eigenvalue weighted by molar-refractivity contribution is 0.0946. The third kappa shape index (κ3) is 3.17. The van der Waals surface area contributed by atoms with Crippen LogP contribution in [-0.2, 0) is 12.0 Å². The van der Waals surface area contributed by atoms with E-state index in [-0.39, 0.29) is 5.91 Å².